The minimum atomic E-state index is -4.73. The van der Waals surface area contributed by atoms with Gasteiger partial charge < -0.3 is 4.74 Å². The Hall–Kier alpha value is -3.68. The fourth-order valence-corrected chi connectivity index (χ4v) is 7.72. The third-order valence-corrected chi connectivity index (χ3v) is 11.2. The number of hydrogen-bond acceptors (Lipinski definition) is 5. The Balaban J connectivity index is 1.52. The molecule has 1 aromatic heterocycles. The van der Waals surface area contributed by atoms with Crippen molar-refractivity contribution in [3.63, 3.8) is 0 Å². The lowest BCUT2D eigenvalue weighted by Gasteiger charge is -2.36. The van der Waals surface area contributed by atoms with E-state index in [4.69, 9.17) is 16.3 Å². The molecule has 0 N–H and O–H groups in total. The first kappa shape index (κ1) is 32.7. The maximum Gasteiger partial charge on any atom is 0.416 e. The Bertz CT molecular complexity index is 1850. The second kappa shape index (κ2) is 12.3. The van der Waals surface area contributed by atoms with Crippen molar-refractivity contribution in [2.24, 2.45) is 0 Å². The quantitative estimate of drug-likeness (QED) is 0.112. The first-order chi connectivity index (χ1) is 21.0. The van der Waals surface area contributed by atoms with Crippen LogP contribution in [0.3, 0.4) is 0 Å². The number of aromatic nitrogens is 3. The molecule has 14 heteroatoms. The largest absolute Gasteiger partial charge is 0.486 e. The van der Waals surface area contributed by atoms with Crippen molar-refractivity contribution >= 4 is 52.4 Å². The first-order valence-corrected chi connectivity index (χ1v) is 19.4. The number of hydrogen-bond donors (Lipinski definition) is 0. The average molecular weight is 679 g/mol. The highest BCUT2D eigenvalue weighted by Gasteiger charge is 2.37. The zero-order valence-electron chi connectivity index (χ0n) is 24.9. The van der Waals surface area contributed by atoms with Gasteiger partial charge in [-0.2, -0.15) is 13.2 Å². The third kappa shape index (κ3) is 7.10. The fraction of sp³-hybridized carbons (Fsp3) is 0.290. The topological polar surface area (TPSA) is 77.3 Å². The summed E-state index contributed by atoms with van der Waals surface area (Å²) in [7, 11) is -6.17. The summed E-state index contributed by atoms with van der Waals surface area (Å²) in [5.41, 5.74) is 0.273. The smallest absolute Gasteiger partial charge is 0.416 e. The number of benzene rings is 3. The molecule has 0 bridgehead atoms. The molecule has 1 aliphatic heterocycles. The van der Waals surface area contributed by atoms with Gasteiger partial charge in [-0.1, -0.05) is 60.7 Å². The number of fused-ring (bicyclic) bond motifs is 1. The minimum Gasteiger partial charge on any atom is -0.486 e. The van der Waals surface area contributed by atoms with Gasteiger partial charge in [0.05, 0.1) is 33.0 Å². The zero-order valence-corrected chi connectivity index (χ0v) is 27.5. The van der Waals surface area contributed by atoms with E-state index in [-0.39, 0.29) is 28.6 Å². The molecule has 5 rings (SSSR count). The number of rotatable bonds is 8. The van der Waals surface area contributed by atoms with Crippen LogP contribution in [0.25, 0.3) is 11.6 Å². The number of nitrogens with zero attached hydrogens (tertiary/aromatic N) is 4. The van der Waals surface area contributed by atoms with Crippen LogP contribution in [0.4, 0.5) is 23.2 Å². The monoisotopic (exact) mass is 678 g/mol. The van der Waals surface area contributed by atoms with Crippen LogP contribution >= 0.6 is 11.6 Å². The van der Waals surface area contributed by atoms with Gasteiger partial charge in [0.2, 0.25) is 0 Å². The number of anilines is 1. The van der Waals surface area contributed by atoms with Crippen molar-refractivity contribution in [3.8, 4) is 5.75 Å². The van der Waals surface area contributed by atoms with Crippen molar-refractivity contribution in [3.05, 3.63) is 94.4 Å². The normalized spacial score (nSPS) is 16.0. The molecule has 4 aromatic rings. The Morgan fingerprint density at radius 1 is 1.11 bits per heavy atom. The van der Waals surface area contributed by atoms with Gasteiger partial charge in [-0.05, 0) is 60.5 Å². The molecule has 3 aromatic carbocycles. The summed E-state index contributed by atoms with van der Waals surface area (Å²) in [6.45, 7) is 8.34. The number of halogens is 5. The lowest BCUT2D eigenvalue weighted by Crippen LogP contribution is -2.44. The van der Waals surface area contributed by atoms with E-state index < -0.39 is 46.7 Å². The number of ether oxygens (including phenoxy) is 1. The van der Waals surface area contributed by atoms with Crippen LogP contribution in [0.1, 0.15) is 30.0 Å². The van der Waals surface area contributed by atoms with Crippen molar-refractivity contribution in [1.29, 1.82) is 0 Å². The summed E-state index contributed by atoms with van der Waals surface area (Å²) in [6.07, 6.45) is -1.49. The highest BCUT2D eigenvalue weighted by molar-refractivity contribution is 7.92. The lowest BCUT2D eigenvalue weighted by atomic mass is 10.0. The van der Waals surface area contributed by atoms with Crippen molar-refractivity contribution in [2.45, 2.75) is 56.7 Å². The van der Waals surface area contributed by atoms with Gasteiger partial charge in [-0.3, -0.25) is 8.99 Å². The molecule has 1 aliphatic rings. The molecule has 238 valence electrons. The predicted octanol–water partition coefficient (Wildman–Crippen LogP) is 7.24. The minimum absolute atomic E-state index is 0.145. The summed E-state index contributed by atoms with van der Waals surface area (Å²) < 4.78 is 92.1. The number of sulfonamides is 1. The second-order valence-corrected chi connectivity index (χ2v) is 19.1. The predicted molar refractivity (Wildman–Crippen MR) is 169 cm³/mol. The Morgan fingerprint density at radius 2 is 1.84 bits per heavy atom. The molecule has 2 heterocycles. The fourth-order valence-electron chi connectivity index (χ4n) is 4.98. The number of alkyl halides is 3. The molecule has 0 fully saturated rings. The van der Waals surface area contributed by atoms with E-state index in [1.165, 1.54) is 12.1 Å². The van der Waals surface area contributed by atoms with Crippen molar-refractivity contribution < 1.29 is 30.7 Å². The van der Waals surface area contributed by atoms with Gasteiger partial charge in [-0.15, -0.1) is 5.10 Å². The average Bonchev–Trinajstić information content (AvgIpc) is 3.45. The molecule has 0 saturated heterocycles. The van der Waals surface area contributed by atoms with Crippen LogP contribution in [-0.4, -0.2) is 44.1 Å². The summed E-state index contributed by atoms with van der Waals surface area (Å²) in [6, 6.07) is 12.8. The molecule has 0 saturated carbocycles. The van der Waals surface area contributed by atoms with E-state index in [0.29, 0.717) is 30.2 Å². The van der Waals surface area contributed by atoms with Crippen LogP contribution in [0.2, 0.25) is 24.7 Å². The highest BCUT2D eigenvalue weighted by atomic mass is 35.5. The van der Waals surface area contributed by atoms with E-state index >= 15 is 0 Å². The first-order valence-electron chi connectivity index (χ1n) is 14.1. The maximum atomic E-state index is 14.6. The van der Waals surface area contributed by atoms with Crippen molar-refractivity contribution in [1.82, 2.24) is 15.0 Å². The molecular formula is C31H31ClF4N4O3SSi. The van der Waals surface area contributed by atoms with Gasteiger partial charge in [0.1, 0.15) is 25.7 Å². The van der Waals surface area contributed by atoms with Gasteiger partial charge in [0, 0.05) is 24.7 Å². The van der Waals surface area contributed by atoms with Crippen LogP contribution in [0.5, 0.6) is 5.75 Å². The number of aryl methyl sites for hydroxylation is 1. The van der Waals surface area contributed by atoms with Gasteiger partial charge >= 0.3 is 6.18 Å². The molecule has 0 spiro atoms. The van der Waals surface area contributed by atoms with Gasteiger partial charge in [0.15, 0.2) is 0 Å². The van der Waals surface area contributed by atoms with Crippen molar-refractivity contribution in [2.75, 3.05) is 10.8 Å². The molecule has 7 nitrogen and oxygen atoms in total. The Kier molecular flexibility index (Phi) is 8.90. The maximum absolute atomic E-state index is 14.6. The van der Waals surface area contributed by atoms with E-state index in [1.54, 1.807) is 41.9 Å². The van der Waals surface area contributed by atoms with E-state index in [0.717, 1.165) is 27.8 Å². The number of allylic oxidation sites excluding steroid dienone is 1. The second-order valence-electron chi connectivity index (χ2n) is 11.9. The Labute approximate surface area is 265 Å². The summed E-state index contributed by atoms with van der Waals surface area (Å²) >= 11 is 6.24. The van der Waals surface area contributed by atoms with E-state index in [2.05, 4.69) is 30.0 Å². The molecule has 0 radical (unpaired) electrons. The molecule has 1 atom stereocenters. The van der Waals surface area contributed by atoms with Gasteiger partial charge in [0.25, 0.3) is 10.0 Å². The summed E-state index contributed by atoms with van der Waals surface area (Å²) in [5, 5.41) is 9.62. The Morgan fingerprint density at radius 3 is 2.51 bits per heavy atom. The molecule has 0 unspecified atom stereocenters. The van der Waals surface area contributed by atoms with E-state index in [1.807, 2.05) is 6.20 Å². The molecule has 45 heavy (non-hydrogen) atoms. The van der Waals surface area contributed by atoms with E-state index in [9.17, 15) is 26.0 Å². The molecule has 0 aliphatic carbocycles. The summed E-state index contributed by atoms with van der Waals surface area (Å²) in [5.74, 6) is -0.277. The van der Waals surface area contributed by atoms with Crippen LogP contribution in [-0.2, 0) is 22.7 Å². The standard InChI is InChI=1S/C31H31ClF4N4O3SSi/c1-20(30-25(32)9-6-10-26(30)33)15-21-11-12-28-27(16-21)40(44(41,42)24-8-5-7-22(17-24)31(34,35)36)18-23(43-28)13-14-39-19-29(37-38-39)45(2,3)4/h5-12,15-17,19,23H,13-14,18H2,1-4H3/b20-15+/t23-/m0/s1. The highest BCUT2D eigenvalue weighted by Crippen LogP contribution is 2.40. The zero-order chi connectivity index (χ0) is 32.7. The lowest BCUT2D eigenvalue weighted by molar-refractivity contribution is -0.137. The third-order valence-electron chi connectivity index (χ3n) is 7.39. The summed E-state index contributed by atoms with van der Waals surface area (Å²) in [4.78, 5) is -0.504. The molecular weight excluding hydrogens is 648 g/mol. The molecule has 0 amide bonds. The van der Waals surface area contributed by atoms with Crippen LogP contribution < -0.4 is 14.4 Å². The van der Waals surface area contributed by atoms with Crippen LogP contribution in [0.15, 0.2) is 71.8 Å². The van der Waals surface area contributed by atoms with Crippen LogP contribution in [0, 0.1) is 5.82 Å². The van der Waals surface area contributed by atoms with Gasteiger partial charge in [-0.25, -0.2) is 12.8 Å². The SMILES string of the molecule is C/C(=C\c1ccc2c(c1)N(S(=O)(=O)c1cccc(C(F)(F)F)c1)C[C@H](CCn1cc([Si](C)(C)C)nn1)O2)c1c(F)cccc1Cl.